The first kappa shape index (κ1) is 40.1. The monoisotopic (exact) mass is 686 g/mol. The third kappa shape index (κ3) is 8.68. The van der Waals surface area contributed by atoms with Crippen molar-refractivity contribution < 1.29 is 51.7 Å². The third-order valence-corrected chi connectivity index (χ3v) is 7.88. The molecule has 0 bridgehead atoms. The van der Waals surface area contributed by atoms with Crippen LogP contribution in [0.25, 0.3) is 0 Å². The molecular formula is C42H38O6Ti. The normalized spacial score (nSPS) is 10.2. The van der Waals surface area contributed by atoms with Crippen molar-refractivity contribution in [3.05, 3.63) is 215 Å². The topological polar surface area (TPSA) is 121 Å². The zero-order valence-corrected chi connectivity index (χ0v) is 28.9. The maximum absolute atomic E-state index is 12.4. The Hall–Kier alpha value is -5.11. The van der Waals surface area contributed by atoms with Crippen molar-refractivity contribution in [1.82, 2.24) is 0 Å². The van der Waals surface area contributed by atoms with Crippen LogP contribution in [0.1, 0.15) is 33.4 Å². The van der Waals surface area contributed by atoms with E-state index in [0.29, 0.717) is 0 Å². The minimum atomic E-state index is -1.20. The van der Waals surface area contributed by atoms with Crippen molar-refractivity contribution in [3.8, 4) is 0 Å². The fourth-order valence-corrected chi connectivity index (χ4v) is 5.87. The average Bonchev–Trinajstić information content (AvgIpc) is 3.17. The standard InChI is InChI=1S/2C20H16O2.2CH3O.Ti/c2*21-19(22)20(16-10-4-1-5-11-16,17-12-6-2-7-13-17)18-14-8-3-9-15-18;2*1-2;/h2*1-15H,(H,21,22);2*1H3;/q;;2*-1;+2. The average molecular weight is 687 g/mol. The molecule has 0 aliphatic rings. The summed E-state index contributed by atoms with van der Waals surface area (Å²) in [7, 11) is 1.50. The van der Waals surface area contributed by atoms with Crippen molar-refractivity contribution >= 4 is 11.9 Å². The summed E-state index contributed by atoms with van der Waals surface area (Å²) in [5.41, 5.74) is 2.09. The van der Waals surface area contributed by atoms with Gasteiger partial charge in [-0.1, -0.05) is 182 Å². The van der Waals surface area contributed by atoms with E-state index in [9.17, 15) is 19.8 Å². The number of benzene rings is 6. The van der Waals surface area contributed by atoms with Crippen LogP contribution in [-0.2, 0) is 42.1 Å². The molecule has 0 atom stereocenters. The molecule has 0 fully saturated rings. The van der Waals surface area contributed by atoms with E-state index in [-0.39, 0.29) is 21.7 Å². The smallest absolute Gasteiger partial charge is 0.857 e. The molecular weight excluding hydrogens is 648 g/mol. The first-order valence-corrected chi connectivity index (χ1v) is 15.1. The van der Waals surface area contributed by atoms with Gasteiger partial charge in [-0.2, -0.15) is 14.2 Å². The van der Waals surface area contributed by atoms with E-state index in [1.54, 1.807) is 0 Å². The molecule has 49 heavy (non-hydrogen) atoms. The molecule has 6 rings (SSSR count). The molecule has 0 amide bonds. The molecule has 0 heterocycles. The van der Waals surface area contributed by atoms with Gasteiger partial charge in [0.1, 0.15) is 10.8 Å². The predicted molar refractivity (Wildman–Crippen MR) is 186 cm³/mol. The number of aliphatic carboxylic acids is 2. The Bertz CT molecular complexity index is 1460. The van der Waals surface area contributed by atoms with Crippen LogP contribution in [0.5, 0.6) is 0 Å². The van der Waals surface area contributed by atoms with E-state index in [2.05, 4.69) is 0 Å². The Labute approximate surface area is 302 Å². The molecule has 0 saturated heterocycles. The number of rotatable bonds is 8. The quantitative estimate of drug-likeness (QED) is 0.146. The van der Waals surface area contributed by atoms with Crippen LogP contribution in [0.15, 0.2) is 182 Å². The van der Waals surface area contributed by atoms with Gasteiger partial charge in [-0.3, -0.25) is 9.59 Å². The zero-order valence-electron chi connectivity index (χ0n) is 27.3. The Balaban J connectivity index is 0.000000303. The van der Waals surface area contributed by atoms with Crippen molar-refractivity contribution in [3.63, 3.8) is 0 Å². The summed E-state index contributed by atoms with van der Waals surface area (Å²) in [4.78, 5) is 24.8. The van der Waals surface area contributed by atoms with Crippen molar-refractivity contribution in [1.29, 1.82) is 0 Å². The second-order valence-corrected chi connectivity index (χ2v) is 10.3. The third-order valence-electron chi connectivity index (χ3n) is 7.88. The summed E-state index contributed by atoms with van der Waals surface area (Å²) in [6.45, 7) is 0. The van der Waals surface area contributed by atoms with Gasteiger partial charge in [-0.25, -0.2) is 0 Å². The second-order valence-electron chi connectivity index (χ2n) is 10.3. The van der Waals surface area contributed by atoms with Crippen LogP contribution in [0.2, 0.25) is 0 Å². The van der Waals surface area contributed by atoms with E-state index in [1.165, 1.54) is 0 Å². The maximum atomic E-state index is 12.4. The van der Waals surface area contributed by atoms with E-state index >= 15 is 0 Å². The predicted octanol–water partition coefficient (Wildman–Crippen LogP) is 6.16. The summed E-state index contributed by atoms with van der Waals surface area (Å²) < 4.78 is 0. The molecule has 6 aromatic rings. The van der Waals surface area contributed by atoms with E-state index in [0.717, 1.165) is 47.6 Å². The van der Waals surface area contributed by atoms with E-state index in [1.807, 2.05) is 182 Å². The molecule has 0 saturated carbocycles. The van der Waals surface area contributed by atoms with Crippen LogP contribution in [-0.4, -0.2) is 36.4 Å². The van der Waals surface area contributed by atoms with Crippen LogP contribution in [0, 0.1) is 0 Å². The van der Waals surface area contributed by atoms with Crippen molar-refractivity contribution in [2.24, 2.45) is 0 Å². The number of carboxylic acid groups (broad SMARTS) is 2. The first-order valence-electron chi connectivity index (χ1n) is 15.1. The number of carboxylic acids is 2. The Morgan fingerprint density at radius 3 is 0.571 bits per heavy atom. The minimum Gasteiger partial charge on any atom is -0.857 e. The minimum absolute atomic E-state index is 0. The molecule has 6 nitrogen and oxygen atoms in total. The van der Waals surface area contributed by atoms with Gasteiger partial charge in [0, 0.05) is 0 Å². The SMILES string of the molecule is C[O-].C[O-].O=C(O)C(c1ccccc1)(c1ccccc1)c1ccccc1.O=C(O)C(c1ccccc1)(c1ccccc1)c1ccccc1.[Ti+2]. The van der Waals surface area contributed by atoms with Gasteiger partial charge >= 0.3 is 33.7 Å². The molecule has 0 aliphatic carbocycles. The van der Waals surface area contributed by atoms with Crippen LogP contribution >= 0.6 is 0 Å². The van der Waals surface area contributed by atoms with E-state index < -0.39 is 22.8 Å². The van der Waals surface area contributed by atoms with Gasteiger partial charge in [0.05, 0.1) is 0 Å². The Morgan fingerprint density at radius 1 is 0.347 bits per heavy atom. The van der Waals surface area contributed by atoms with Gasteiger partial charge in [-0.05, 0) is 33.4 Å². The van der Waals surface area contributed by atoms with Gasteiger partial charge in [0.2, 0.25) is 0 Å². The molecule has 0 spiro atoms. The molecule has 2 N–H and O–H groups in total. The van der Waals surface area contributed by atoms with Gasteiger partial charge in [-0.15, -0.1) is 0 Å². The van der Waals surface area contributed by atoms with Crippen LogP contribution in [0.4, 0.5) is 0 Å². The number of hydrogen-bond donors (Lipinski definition) is 2. The van der Waals surface area contributed by atoms with E-state index in [4.69, 9.17) is 10.2 Å². The molecule has 0 radical (unpaired) electrons. The van der Waals surface area contributed by atoms with Gasteiger partial charge in [0.15, 0.2) is 0 Å². The maximum Gasteiger partial charge on any atom is 2.00 e. The molecule has 0 aromatic heterocycles. The molecule has 6 aromatic carbocycles. The Kier molecular flexibility index (Phi) is 16.6. The van der Waals surface area contributed by atoms with Crippen molar-refractivity contribution in [2.45, 2.75) is 10.8 Å². The molecule has 0 aliphatic heterocycles. The molecule has 7 heteroatoms. The molecule has 0 unspecified atom stereocenters. The summed E-state index contributed by atoms with van der Waals surface area (Å²) in [6, 6.07) is 56.3. The fraction of sp³-hybridized carbons (Fsp3) is 0.0952. The van der Waals surface area contributed by atoms with Gasteiger partial charge in [0.25, 0.3) is 0 Å². The summed E-state index contributed by atoms with van der Waals surface area (Å²) >= 11 is 0. The summed E-state index contributed by atoms with van der Waals surface area (Å²) in [5.74, 6) is -1.76. The fourth-order valence-electron chi connectivity index (χ4n) is 5.87. The summed E-state index contributed by atoms with van der Waals surface area (Å²) in [5, 5.41) is 36.9. The number of hydrogen-bond acceptors (Lipinski definition) is 4. The first-order chi connectivity index (χ1) is 23.5. The molecule has 246 valence electrons. The van der Waals surface area contributed by atoms with Crippen molar-refractivity contribution in [2.75, 3.05) is 14.2 Å². The Morgan fingerprint density at radius 2 is 0.469 bits per heavy atom. The number of carbonyl (C=O) groups is 2. The van der Waals surface area contributed by atoms with Gasteiger partial charge < -0.3 is 20.4 Å². The zero-order chi connectivity index (χ0) is 34.8. The van der Waals surface area contributed by atoms with Crippen LogP contribution < -0.4 is 10.2 Å². The second kappa shape index (κ2) is 20.3. The van der Waals surface area contributed by atoms with Crippen LogP contribution in [0.3, 0.4) is 0 Å². The summed E-state index contributed by atoms with van der Waals surface area (Å²) in [6.07, 6.45) is 0. The largest absolute Gasteiger partial charge is 2.00 e.